The second kappa shape index (κ2) is 10.5. The predicted molar refractivity (Wildman–Crippen MR) is 113 cm³/mol. The molecule has 3 rings (SSSR count). The lowest BCUT2D eigenvalue weighted by atomic mass is 10.0. The number of hydrogen-bond donors (Lipinski definition) is 0. The zero-order valence-corrected chi connectivity index (χ0v) is 17.6. The molecular formula is C23H33N3O3. The van der Waals surface area contributed by atoms with Crippen LogP contribution in [0.25, 0.3) is 0 Å². The number of nitrogens with zero attached hydrogens (tertiary/aromatic N) is 3. The van der Waals surface area contributed by atoms with E-state index in [1.165, 1.54) is 12.8 Å². The first-order valence-corrected chi connectivity index (χ1v) is 10.9. The number of likely N-dealkylation sites (tertiary alicyclic amines) is 1. The summed E-state index contributed by atoms with van der Waals surface area (Å²) in [5.74, 6) is 0.263. The Morgan fingerprint density at radius 3 is 1.93 bits per heavy atom. The van der Waals surface area contributed by atoms with Gasteiger partial charge in [0.05, 0.1) is 6.54 Å². The van der Waals surface area contributed by atoms with E-state index in [9.17, 15) is 14.4 Å². The van der Waals surface area contributed by atoms with Gasteiger partial charge in [-0.05, 0) is 19.8 Å². The largest absolute Gasteiger partial charge is 0.342 e. The van der Waals surface area contributed by atoms with Crippen LogP contribution in [0.3, 0.4) is 0 Å². The highest BCUT2D eigenvalue weighted by atomic mass is 16.2. The van der Waals surface area contributed by atoms with E-state index in [4.69, 9.17) is 0 Å². The fourth-order valence-corrected chi connectivity index (χ4v) is 4.03. The summed E-state index contributed by atoms with van der Waals surface area (Å²) < 4.78 is 0. The number of carbonyl (C=O) groups excluding carboxylic acids is 3. The van der Waals surface area contributed by atoms with Crippen molar-refractivity contribution in [2.24, 2.45) is 0 Å². The summed E-state index contributed by atoms with van der Waals surface area (Å²) in [6, 6.07) is 7.48. The van der Waals surface area contributed by atoms with Crippen LogP contribution in [0.1, 0.15) is 54.4 Å². The van der Waals surface area contributed by atoms with Crippen LogP contribution in [-0.4, -0.2) is 78.1 Å². The average molecular weight is 400 g/mol. The van der Waals surface area contributed by atoms with Gasteiger partial charge >= 0.3 is 0 Å². The maximum Gasteiger partial charge on any atom is 0.236 e. The molecule has 0 bridgehead atoms. The van der Waals surface area contributed by atoms with Gasteiger partial charge in [-0.3, -0.25) is 19.3 Å². The molecule has 0 aliphatic carbocycles. The summed E-state index contributed by atoms with van der Waals surface area (Å²) in [7, 11) is 0. The summed E-state index contributed by atoms with van der Waals surface area (Å²) in [6.07, 6.45) is 5.15. The molecule has 0 spiro atoms. The summed E-state index contributed by atoms with van der Waals surface area (Å²) in [5, 5.41) is 0. The molecule has 2 aliphatic heterocycles. The number of piperazine rings is 1. The van der Waals surface area contributed by atoms with E-state index >= 15 is 0 Å². The number of Topliss-reactive ketones (excluding diaryl/α,β-unsaturated/α-hetero) is 1. The van der Waals surface area contributed by atoms with Crippen molar-refractivity contribution in [3.63, 3.8) is 0 Å². The molecule has 0 N–H and O–H groups in total. The lowest BCUT2D eigenvalue weighted by molar-refractivity contribution is -0.135. The maximum atomic E-state index is 12.5. The third kappa shape index (κ3) is 6.39. The van der Waals surface area contributed by atoms with Gasteiger partial charge in [0.2, 0.25) is 11.8 Å². The molecule has 2 saturated heterocycles. The Morgan fingerprint density at radius 2 is 1.31 bits per heavy atom. The third-order valence-electron chi connectivity index (χ3n) is 5.98. The number of rotatable bonds is 6. The summed E-state index contributed by atoms with van der Waals surface area (Å²) in [4.78, 5) is 43.3. The van der Waals surface area contributed by atoms with E-state index in [1.54, 1.807) is 0 Å². The van der Waals surface area contributed by atoms with Gasteiger partial charge in [-0.25, -0.2) is 0 Å². The molecule has 1 aromatic carbocycles. The van der Waals surface area contributed by atoms with Crippen molar-refractivity contribution >= 4 is 17.6 Å². The Morgan fingerprint density at radius 1 is 0.724 bits per heavy atom. The SMILES string of the molecule is Cc1ccc(C(=O)CCC(=O)N2CCN(CC(=O)N3CCCCCC3)CC2)cc1. The van der Waals surface area contributed by atoms with Crippen LogP contribution in [-0.2, 0) is 9.59 Å². The lowest BCUT2D eigenvalue weighted by Crippen LogP contribution is -2.51. The van der Waals surface area contributed by atoms with Crippen LogP contribution in [0, 0.1) is 6.92 Å². The summed E-state index contributed by atoms with van der Waals surface area (Å²) >= 11 is 0. The highest BCUT2D eigenvalue weighted by Gasteiger charge is 2.24. The zero-order chi connectivity index (χ0) is 20.6. The molecule has 158 valence electrons. The zero-order valence-electron chi connectivity index (χ0n) is 17.6. The highest BCUT2D eigenvalue weighted by molar-refractivity contribution is 5.98. The molecule has 2 heterocycles. The molecule has 0 saturated carbocycles. The van der Waals surface area contributed by atoms with E-state index in [-0.39, 0.29) is 30.4 Å². The fraction of sp³-hybridized carbons (Fsp3) is 0.609. The minimum absolute atomic E-state index is 0.0139. The Kier molecular flexibility index (Phi) is 7.81. The van der Waals surface area contributed by atoms with Crippen LogP contribution < -0.4 is 0 Å². The fourth-order valence-electron chi connectivity index (χ4n) is 4.03. The van der Waals surface area contributed by atoms with Crippen LogP contribution in [0.5, 0.6) is 0 Å². The molecule has 2 aliphatic rings. The monoisotopic (exact) mass is 399 g/mol. The van der Waals surface area contributed by atoms with Gasteiger partial charge in [-0.1, -0.05) is 42.7 Å². The van der Waals surface area contributed by atoms with Crippen molar-refractivity contribution in [2.75, 3.05) is 45.8 Å². The van der Waals surface area contributed by atoms with E-state index in [2.05, 4.69) is 4.90 Å². The molecule has 2 amide bonds. The average Bonchev–Trinajstić information content (AvgIpc) is 3.02. The molecule has 0 atom stereocenters. The third-order valence-corrected chi connectivity index (χ3v) is 5.98. The molecule has 0 unspecified atom stereocenters. The van der Waals surface area contributed by atoms with Gasteiger partial charge in [-0.15, -0.1) is 0 Å². The van der Waals surface area contributed by atoms with E-state index in [0.717, 1.165) is 44.6 Å². The van der Waals surface area contributed by atoms with Crippen molar-refractivity contribution in [1.82, 2.24) is 14.7 Å². The van der Waals surface area contributed by atoms with Crippen LogP contribution in [0.2, 0.25) is 0 Å². The van der Waals surface area contributed by atoms with E-state index in [0.29, 0.717) is 25.2 Å². The Balaban J connectivity index is 1.38. The number of benzene rings is 1. The number of hydrogen-bond acceptors (Lipinski definition) is 4. The van der Waals surface area contributed by atoms with Crippen LogP contribution in [0.15, 0.2) is 24.3 Å². The van der Waals surface area contributed by atoms with Crippen molar-refractivity contribution in [3.8, 4) is 0 Å². The first kappa shape index (κ1) is 21.5. The Hall–Kier alpha value is -2.21. The number of ketones is 1. The molecule has 6 heteroatoms. The lowest BCUT2D eigenvalue weighted by Gasteiger charge is -2.35. The first-order valence-electron chi connectivity index (χ1n) is 10.9. The van der Waals surface area contributed by atoms with Gasteiger partial charge in [0, 0.05) is 57.7 Å². The van der Waals surface area contributed by atoms with Gasteiger partial charge in [0.25, 0.3) is 0 Å². The molecule has 2 fully saturated rings. The molecule has 6 nitrogen and oxygen atoms in total. The topological polar surface area (TPSA) is 60.9 Å². The molecule has 0 aromatic heterocycles. The Bertz CT molecular complexity index is 701. The quantitative estimate of drug-likeness (QED) is 0.690. The van der Waals surface area contributed by atoms with E-state index in [1.807, 2.05) is 41.0 Å². The van der Waals surface area contributed by atoms with Crippen molar-refractivity contribution in [3.05, 3.63) is 35.4 Å². The van der Waals surface area contributed by atoms with Gasteiger partial charge in [0.1, 0.15) is 0 Å². The standard InChI is InChI=1S/C23H33N3O3/c1-19-6-8-20(9-7-19)21(27)10-11-22(28)26-16-14-24(15-17-26)18-23(29)25-12-4-2-3-5-13-25/h6-9H,2-5,10-18H2,1H3. The second-order valence-electron chi connectivity index (χ2n) is 8.24. The number of amides is 2. The molecule has 0 radical (unpaired) electrons. The number of carbonyl (C=O) groups is 3. The molecule has 29 heavy (non-hydrogen) atoms. The van der Waals surface area contributed by atoms with Crippen molar-refractivity contribution < 1.29 is 14.4 Å². The minimum Gasteiger partial charge on any atom is -0.342 e. The maximum absolute atomic E-state index is 12.5. The van der Waals surface area contributed by atoms with E-state index < -0.39 is 0 Å². The van der Waals surface area contributed by atoms with Crippen LogP contribution in [0.4, 0.5) is 0 Å². The normalized spacial score (nSPS) is 18.4. The van der Waals surface area contributed by atoms with Crippen molar-refractivity contribution in [1.29, 1.82) is 0 Å². The summed E-state index contributed by atoms with van der Waals surface area (Å²) in [6.45, 7) is 6.90. The molecular weight excluding hydrogens is 366 g/mol. The van der Waals surface area contributed by atoms with Gasteiger partial charge in [0.15, 0.2) is 5.78 Å². The van der Waals surface area contributed by atoms with Crippen LogP contribution >= 0.6 is 0 Å². The van der Waals surface area contributed by atoms with Crippen molar-refractivity contribution in [2.45, 2.75) is 45.4 Å². The summed E-state index contributed by atoms with van der Waals surface area (Å²) in [5.41, 5.74) is 1.78. The smallest absolute Gasteiger partial charge is 0.236 e. The first-order chi connectivity index (χ1) is 14.0. The van der Waals surface area contributed by atoms with Gasteiger partial charge < -0.3 is 9.80 Å². The number of aryl methyl sites for hydroxylation is 1. The molecule has 1 aromatic rings. The second-order valence-corrected chi connectivity index (χ2v) is 8.24. The van der Waals surface area contributed by atoms with Gasteiger partial charge in [-0.2, -0.15) is 0 Å². The minimum atomic E-state index is 0.0139. The predicted octanol–water partition coefficient (Wildman–Crippen LogP) is 2.50. The Labute approximate surface area is 173 Å². The highest BCUT2D eigenvalue weighted by Crippen LogP contribution is 2.12.